The minimum absolute atomic E-state index is 0.0536. The zero-order valence-electron chi connectivity index (χ0n) is 18.2. The number of aromatic nitrogens is 1. The number of hydrogen-bond acceptors (Lipinski definition) is 5. The molecular weight excluding hydrogens is 432 g/mol. The Kier molecular flexibility index (Phi) is 7.12. The molecule has 4 rings (SSSR count). The fourth-order valence-corrected chi connectivity index (χ4v) is 4.07. The molecule has 33 heavy (non-hydrogen) atoms. The molecule has 2 N–H and O–H groups in total. The molecule has 0 atom stereocenters. The van der Waals surface area contributed by atoms with E-state index in [9.17, 15) is 9.59 Å². The van der Waals surface area contributed by atoms with Crippen molar-refractivity contribution in [1.29, 1.82) is 0 Å². The van der Waals surface area contributed by atoms with Crippen LogP contribution in [0.5, 0.6) is 0 Å². The maximum Gasteiger partial charge on any atom is 0.254 e. The Bertz CT molecular complexity index is 1210. The highest BCUT2D eigenvalue weighted by Crippen LogP contribution is 2.25. The first-order chi connectivity index (χ1) is 16.1. The number of anilines is 2. The van der Waals surface area contributed by atoms with E-state index in [2.05, 4.69) is 15.6 Å². The Labute approximate surface area is 196 Å². The summed E-state index contributed by atoms with van der Waals surface area (Å²) in [6.45, 7) is 0.292. The number of amides is 2. The fourth-order valence-electron chi connectivity index (χ4n) is 3.39. The standard InChI is InChI=1S/C26H24N4O2S/c1-27-26-29-23(18-33-26)20-12-14-22(15-13-20)28-24(31)17-30(16-19-8-4-2-5-9-19)25(32)21-10-6-3-7-11-21/h2-15,18H,16-17H2,1H3,(H,27,29)(H,28,31). The van der Waals surface area contributed by atoms with Crippen LogP contribution >= 0.6 is 11.3 Å². The van der Waals surface area contributed by atoms with Gasteiger partial charge in [-0.25, -0.2) is 4.98 Å². The summed E-state index contributed by atoms with van der Waals surface area (Å²) < 4.78 is 0. The number of nitrogens with one attached hydrogen (secondary N) is 2. The largest absolute Gasteiger partial charge is 0.365 e. The van der Waals surface area contributed by atoms with Gasteiger partial charge in [-0.05, 0) is 29.8 Å². The van der Waals surface area contributed by atoms with Crippen molar-refractivity contribution >= 4 is 34.0 Å². The lowest BCUT2D eigenvalue weighted by atomic mass is 10.1. The smallest absolute Gasteiger partial charge is 0.254 e. The minimum atomic E-state index is -0.255. The van der Waals surface area contributed by atoms with Crippen molar-refractivity contribution in [1.82, 2.24) is 9.88 Å². The van der Waals surface area contributed by atoms with E-state index in [0.29, 0.717) is 17.8 Å². The van der Waals surface area contributed by atoms with Crippen LogP contribution in [0.15, 0.2) is 90.3 Å². The Morgan fingerprint density at radius 3 is 2.21 bits per heavy atom. The second kappa shape index (κ2) is 10.6. The fraction of sp³-hybridized carbons (Fsp3) is 0.115. The lowest BCUT2D eigenvalue weighted by molar-refractivity contribution is -0.117. The van der Waals surface area contributed by atoms with Crippen LogP contribution in [0.25, 0.3) is 11.3 Å². The summed E-state index contributed by atoms with van der Waals surface area (Å²) in [7, 11) is 1.84. The predicted octanol–water partition coefficient (Wildman–Crippen LogP) is 5.13. The zero-order valence-corrected chi connectivity index (χ0v) is 19.0. The quantitative estimate of drug-likeness (QED) is 0.385. The third kappa shape index (κ3) is 5.84. The molecule has 0 saturated heterocycles. The molecule has 0 aliphatic heterocycles. The summed E-state index contributed by atoms with van der Waals surface area (Å²) in [5.74, 6) is -0.442. The first-order valence-electron chi connectivity index (χ1n) is 10.5. The molecule has 0 aliphatic carbocycles. The van der Waals surface area contributed by atoms with Crippen LogP contribution in [0.4, 0.5) is 10.8 Å². The number of carbonyl (C=O) groups is 2. The Balaban J connectivity index is 1.45. The number of benzene rings is 3. The van der Waals surface area contributed by atoms with Gasteiger partial charge >= 0.3 is 0 Å². The topological polar surface area (TPSA) is 74.3 Å². The molecular formula is C26H24N4O2S. The van der Waals surface area contributed by atoms with Crippen molar-refractivity contribution in [3.8, 4) is 11.3 Å². The van der Waals surface area contributed by atoms with Crippen molar-refractivity contribution in [3.63, 3.8) is 0 Å². The molecule has 0 saturated carbocycles. The summed E-state index contributed by atoms with van der Waals surface area (Å²) >= 11 is 1.54. The molecule has 7 heteroatoms. The third-order valence-electron chi connectivity index (χ3n) is 5.04. The van der Waals surface area contributed by atoms with Gasteiger partial charge in [-0.2, -0.15) is 0 Å². The number of carbonyl (C=O) groups excluding carboxylic acids is 2. The van der Waals surface area contributed by atoms with Crippen molar-refractivity contribution in [2.75, 3.05) is 24.2 Å². The molecule has 4 aromatic rings. The average Bonchev–Trinajstić information content (AvgIpc) is 3.34. The van der Waals surface area contributed by atoms with E-state index in [-0.39, 0.29) is 18.4 Å². The van der Waals surface area contributed by atoms with Crippen LogP contribution in [0.1, 0.15) is 15.9 Å². The summed E-state index contributed by atoms with van der Waals surface area (Å²) in [5, 5.41) is 8.76. The van der Waals surface area contributed by atoms with Gasteiger partial charge in [-0.15, -0.1) is 11.3 Å². The van der Waals surface area contributed by atoms with E-state index in [1.165, 1.54) is 11.3 Å². The monoisotopic (exact) mass is 456 g/mol. The minimum Gasteiger partial charge on any atom is -0.365 e. The molecule has 2 amide bonds. The van der Waals surface area contributed by atoms with Gasteiger partial charge in [-0.1, -0.05) is 60.7 Å². The van der Waals surface area contributed by atoms with E-state index in [0.717, 1.165) is 22.0 Å². The van der Waals surface area contributed by atoms with Gasteiger partial charge in [0.25, 0.3) is 5.91 Å². The average molecular weight is 457 g/mol. The van der Waals surface area contributed by atoms with Gasteiger partial charge in [0.15, 0.2) is 5.13 Å². The molecule has 166 valence electrons. The second-order valence-electron chi connectivity index (χ2n) is 7.43. The first-order valence-corrected chi connectivity index (χ1v) is 11.4. The van der Waals surface area contributed by atoms with Crippen LogP contribution in [-0.4, -0.2) is 35.3 Å². The Hall–Kier alpha value is -3.97. The Morgan fingerprint density at radius 2 is 1.58 bits per heavy atom. The summed E-state index contributed by atoms with van der Waals surface area (Å²) in [5.41, 5.74) is 4.03. The van der Waals surface area contributed by atoms with E-state index in [4.69, 9.17) is 0 Å². The molecule has 0 unspecified atom stereocenters. The molecule has 0 fully saturated rings. The molecule has 6 nitrogen and oxygen atoms in total. The second-order valence-corrected chi connectivity index (χ2v) is 8.28. The summed E-state index contributed by atoms with van der Waals surface area (Å²) in [4.78, 5) is 32.0. The summed E-state index contributed by atoms with van der Waals surface area (Å²) in [6, 6.07) is 26.2. The van der Waals surface area contributed by atoms with Gasteiger partial charge in [0.1, 0.15) is 6.54 Å². The lowest BCUT2D eigenvalue weighted by Gasteiger charge is -2.22. The molecule has 1 aromatic heterocycles. The maximum absolute atomic E-state index is 13.1. The van der Waals surface area contributed by atoms with E-state index in [1.807, 2.05) is 85.2 Å². The van der Waals surface area contributed by atoms with Gasteiger partial charge in [0.2, 0.25) is 5.91 Å². The van der Waals surface area contributed by atoms with E-state index in [1.54, 1.807) is 17.0 Å². The maximum atomic E-state index is 13.1. The first kappa shape index (κ1) is 22.2. The molecule has 0 radical (unpaired) electrons. The van der Waals surface area contributed by atoms with Crippen LogP contribution in [0, 0.1) is 0 Å². The van der Waals surface area contributed by atoms with E-state index >= 15 is 0 Å². The highest BCUT2D eigenvalue weighted by Gasteiger charge is 2.19. The van der Waals surface area contributed by atoms with E-state index < -0.39 is 0 Å². The molecule has 0 spiro atoms. The van der Waals surface area contributed by atoms with Crippen molar-refractivity contribution in [3.05, 3.63) is 101 Å². The van der Waals surface area contributed by atoms with Crippen LogP contribution in [-0.2, 0) is 11.3 Å². The molecule has 3 aromatic carbocycles. The van der Waals surface area contributed by atoms with Crippen LogP contribution in [0.3, 0.4) is 0 Å². The van der Waals surface area contributed by atoms with Crippen LogP contribution in [0.2, 0.25) is 0 Å². The predicted molar refractivity (Wildman–Crippen MR) is 133 cm³/mol. The van der Waals surface area contributed by atoms with Gasteiger partial charge in [0.05, 0.1) is 5.69 Å². The van der Waals surface area contributed by atoms with Gasteiger partial charge in [0, 0.05) is 35.8 Å². The lowest BCUT2D eigenvalue weighted by Crippen LogP contribution is -2.37. The van der Waals surface area contributed by atoms with Crippen molar-refractivity contribution in [2.45, 2.75) is 6.54 Å². The normalized spacial score (nSPS) is 10.5. The summed E-state index contributed by atoms with van der Waals surface area (Å²) in [6.07, 6.45) is 0. The third-order valence-corrected chi connectivity index (χ3v) is 5.90. The number of nitrogens with zero attached hydrogens (tertiary/aromatic N) is 2. The number of rotatable bonds is 8. The number of hydrogen-bond donors (Lipinski definition) is 2. The molecule has 0 bridgehead atoms. The van der Waals surface area contributed by atoms with Crippen molar-refractivity contribution < 1.29 is 9.59 Å². The van der Waals surface area contributed by atoms with Gasteiger partial charge in [-0.3, -0.25) is 9.59 Å². The highest BCUT2D eigenvalue weighted by molar-refractivity contribution is 7.14. The van der Waals surface area contributed by atoms with Crippen LogP contribution < -0.4 is 10.6 Å². The molecule has 0 aliphatic rings. The number of thiazole rings is 1. The van der Waals surface area contributed by atoms with Gasteiger partial charge < -0.3 is 15.5 Å². The SMILES string of the molecule is CNc1nc(-c2ccc(NC(=O)CN(Cc3ccccc3)C(=O)c3ccccc3)cc2)cs1. The van der Waals surface area contributed by atoms with Crippen molar-refractivity contribution in [2.24, 2.45) is 0 Å². The zero-order chi connectivity index (χ0) is 23.0. The highest BCUT2D eigenvalue weighted by atomic mass is 32.1. The molecule has 1 heterocycles. The Morgan fingerprint density at radius 1 is 0.909 bits per heavy atom.